The second-order valence-electron chi connectivity index (χ2n) is 4.22. The van der Waals surface area contributed by atoms with Crippen molar-refractivity contribution in [3.63, 3.8) is 0 Å². The van der Waals surface area contributed by atoms with Gasteiger partial charge in [0.25, 0.3) is 0 Å². The molecule has 1 aromatic carbocycles. The minimum atomic E-state index is -4.75. The van der Waals surface area contributed by atoms with Crippen molar-refractivity contribution in [2.24, 2.45) is 0 Å². The topological polar surface area (TPSA) is 27.7 Å². The quantitative estimate of drug-likeness (QED) is 0.511. The molecule has 3 nitrogen and oxygen atoms in total. The lowest BCUT2D eigenvalue weighted by Crippen LogP contribution is -2.16. The summed E-state index contributed by atoms with van der Waals surface area (Å²) in [7, 11) is 0. The lowest BCUT2D eigenvalue weighted by Gasteiger charge is -2.10. The smallest absolute Gasteiger partial charge is 0.494 e. The molecule has 0 spiro atoms. The van der Waals surface area contributed by atoms with Crippen LogP contribution in [0.5, 0.6) is 11.5 Å². The van der Waals surface area contributed by atoms with Gasteiger partial charge in [0.1, 0.15) is 11.5 Å². The van der Waals surface area contributed by atoms with Crippen molar-refractivity contribution in [2.75, 3.05) is 13.2 Å². The normalized spacial score (nSPS) is 12.3. The summed E-state index contributed by atoms with van der Waals surface area (Å²) < 4.78 is 83.3. The predicted molar refractivity (Wildman–Crippen MR) is 64.5 cm³/mol. The summed E-state index contributed by atoms with van der Waals surface area (Å²) in [5, 5.41) is 0. The molecule has 0 amide bonds. The van der Waals surface area contributed by atoms with Crippen LogP contribution in [0.15, 0.2) is 24.3 Å². The van der Waals surface area contributed by atoms with E-state index < -0.39 is 19.3 Å². The molecule has 126 valence electrons. The Hall–Kier alpha value is -1.64. The first-order chi connectivity index (χ1) is 10.2. The van der Waals surface area contributed by atoms with E-state index in [1.54, 1.807) is 0 Å². The molecule has 22 heavy (non-hydrogen) atoms. The highest BCUT2D eigenvalue weighted by molar-refractivity contribution is 5.31. The Morgan fingerprint density at radius 1 is 0.682 bits per heavy atom. The van der Waals surface area contributed by atoms with Crippen LogP contribution in [0.2, 0.25) is 0 Å². The molecule has 0 aliphatic rings. The van der Waals surface area contributed by atoms with Gasteiger partial charge in [0.05, 0.1) is 13.2 Å². The van der Waals surface area contributed by atoms with Gasteiger partial charge in [-0.2, -0.15) is 0 Å². The van der Waals surface area contributed by atoms with Gasteiger partial charge in [0.2, 0.25) is 0 Å². The molecule has 0 aliphatic heterocycles. The van der Waals surface area contributed by atoms with Gasteiger partial charge in [0.15, 0.2) is 0 Å². The summed E-state index contributed by atoms with van der Waals surface area (Å²) in [5.74, 6) is -0.00906. The van der Waals surface area contributed by atoms with E-state index in [0.717, 1.165) is 12.1 Å². The minimum Gasteiger partial charge on any atom is -0.494 e. The van der Waals surface area contributed by atoms with Gasteiger partial charge in [-0.15, -0.1) is 26.3 Å². The number of halogens is 6. The van der Waals surface area contributed by atoms with Crippen molar-refractivity contribution >= 4 is 0 Å². The van der Waals surface area contributed by atoms with Crippen LogP contribution in [0, 0.1) is 0 Å². The lowest BCUT2D eigenvalue weighted by molar-refractivity contribution is -0.324. The van der Waals surface area contributed by atoms with Gasteiger partial charge in [-0.1, -0.05) is 0 Å². The van der Waals surface area contributed by atoms with Crippen LogP contribution in [0.3, 0.4) is 0 Å². The summed E-state index contributed by atoms with van der Waals surface area (Å²) in [6, 6.07) is 4.85. The number of benzene rings is 1. The van der Waals surface area contributed by atoms with Crippen molar-refractivity contribution in [3.8, 4) is 11.5 Å². The fraction of sp³-hybridized carbons (Fsp3) is 0.538. The van der Waals surface area contributed by atoms with Crippen molar-refractivity contribution in [1.82, 2.24) is 0 Å². The van der Waals surface area contributed by atoms with Crippen molar-refractivity contribution < 1.29 is 40.6 Å². The molecule has 0 fully saturated rings. The Bertz CT molecular complexity index is 427. The van der Waals surface area contributed by atoms with Crippen LogP contribution in [-0.2, 0) is 4.74 Å². The maximum absolute atomic E-state index is 11.9. The standard InChI is InChI=1S/C13H14F6O3/c14-12(15,16)21-9-3-1-2-8-20-10-4-6-11(7-5-10)22-13(17,18)19/h4-7H,1-3,8-9H2. The zero-order valence-electron chi connectivity index (χ0n) is 11.3. The molecule has 0 unspecified atom stereocenters. The van der Waals surface area contributed by atoms with Gasteiger partial charge in [-0.25, -0.2) is 0 Å². The highest BCUT2D eigenvalue weighted by Gasteiger charge is 2.31. The second kappa shape index (κ2) is 8.11. The Labute approximate surface area is 122 Å². The van der Waals surface area contributed by atoms with E-state index in [2.05, 4.69) is 9.47 Å². The van der Waals surface area contributed by atoms with Crippen LogP contribution >= 0.6 is 0 Å². The molecule has 0 atom stereocenters. The first kappa shape index (κ1) is 18.4. The Morgan fingerprint density at radius 3 is 1.77 bits per heavy atom. The second-order valence-corrected chi connectivity index (χ2v) is 4.22. The molecule has 1 aromatic rings. The van der Waals surface area contributed by atoms with Crippen molar-refractivity contribution in [1.29, 1.82) is 0 Å². The fourth-order valence-electron chi connectivity index (χ4n) is 1.50. The monoisotopic (exact) mass is 332 g/mol. The molecule has 0 saturated carbocycles. The summed E-state index contributed by atoms with van der Waals surface area (Å²) in [6.07, 6.45) is -8.15. The SMILES string of the molecule is FC(F)(F)OCCCCCOc1ccc(OC(F)(F)F)cc1. The number of ether oxygens (including phenoxy) is 3. The molecule has 0 aromatic heterocycles. The van der Waals surface area contributed by atoms with Gasteiger partial charge < -0.3 is 9.47 Å². The number of unbranched alkanes of at least 4 members (excludes halogenated alkanes) is 2. The number of rotatable bonds is 8. The van der Waals surface area contributed by atoms with E-state index >= 15 is 0 Å². The molecule has 0 aliphatic carbocycles. The molecule has 0 radical (unpaired) electrons. The zero-order chi connectivity index (χ0) is 16.6. The van der Waals surface area contributed by atoms with E-state index in [4.69, 9.17) is 4.74 Å². The van der Waals surface area contributed by atoms with Gasteiger partial charge in [-0.05, 0) is 43.5 Å². The molecular weight excluding hydrogens is 318 g/mol. The molecule has 9 heteroatoms. The first-order valence-corrected chi connectivity index (χ1v) is 6.35. The van der Waals surface area contributed by atoms with E-state index in [-0.39, 0.29) is 18.8 Å². The van der Waals surface area contributed by atoms with Crippen LogP contribution in [0.25, 0.3) is 0 Å². The third-order valence-electron chi connectivity index (χ3n) is 2.38. The lowest BCUT2D eigenvalue weighted by atomic mass is 10.2. The first-order valence-electron chi connectivity index (χ1n) is 6.35. The van der Waals surface area contributed by atoms with Gasteiger partial charge >= 0.3 is 12.7 Å². The van der Waals surface area contributed by atoms with E-state index in [1.165, 1.54) is 12.1 Å². The summed E-state index contributed by atoms with van der Waals surface area (Å²) >= 11 is 0. The Balaban J connectivity index is 2.15. The molecule has 0 heterocycles. The third-order valence-corrected chi connectivity index (χ3v) is 2.38. The average molecular weight is 332 g/mol. The van der Waals surface area contributed by atoms with Crippen LogP contribution in [-0.4, -0.2) is 25.9 Å². The summed E-state index contributed by atoms with van der Waals surface area (Å²) in [5.41, 5.74) is 0. The van der Waals surface area contributed by atoms with Crippen molar-refractivity contribution in [3.05, 3.63) is 24.3 Å². The highest BCUT2D eigenvalue weighted by Crippen LogP contribution is 2.24. The van der Waals surface area contributed by atoms with E-state index in [0.29, 0.717) is 18.6 Å². The van der Waals surface area contributed by atoms with E-state index in [1.807, 2.05) is 0 Å². The zero-order valence-corrected chi connectivity index (χ0v) is 11.3. The predicted octanol–water partition coefficient (Wildman–Crippen LogP) is 4.67. The molecular formula is C13H14F6O3. The van der Waals surface area contributed by atoms with Gasteiger partial charge in [-0.3, -0.25) is 4.74 Å². The largest absolute Gasteiger partial charge is 0.573 e. The fourth-order valence-corrected chi connectivity index (χ4v) is 1.50. The van der Waals surface area contributed by atoms with Crippen molar-refractivity contribution in [2.45, 2.75) is 32.0 Å². The maximum atomic E-state index is 11.9. The average Bonchev–Trinajstić information content (AvgIpc) is 2.36. The molecule has 1 rings (SSSR count). The summed E-state index contributed by atoms with van der Waals surface area (Å²) in [6.45, 7) is -0.168. The van der Waals surface area contributed by atoms with Crippen LogP contribution in [0.4, 0.5) is 26.3 Å². The summed E-state index contributed by atoms with van der Waals surface area (Å²) in [4.78, 5) is 0. The number of hydrogen-bond donors (Lipinski definition) is 0. The van der Waals surface area contributed by atoms with Crippen LogP contribution in [0.1, 0.15) is 19.3 Å². The Kier molecular flexibility index (Phi) is 6.79. The highest BCUT2D eigenvalue weighted by atomic mass is 19.4. The number of hydrogen-bond acceptors (Lipinski definition) is 3. The van der Waals surface area contributed by atoms with Gasteiger partial charge in [0, 0.05) is 0 Å². The maximum Gasteiger partial charge on any atom is 0.573 e. The minimum absolute atomic E-state index is 0.237. The molecule has 0 saturated heterocycles. The Morgan fingerprint density at radius 2 is 1.23 bits per heavy atom. The van der Waals surface area contributed by atoms with Crippen LogP contribution < -0.4 is 9.47 Å². The molecule has 0 N–H and O–H groups in total. The number of alkyl halides is 6. The molecule has 0 bridgehead atoms. The van der Waals surface area contributed by atoms with E-state index in [9.17, 15) is 26.3 Å². The third kappa shape index (κ3) is 9.32.